The van der Waals surface area contributed by atoms with Crippen molar-refractivity contribution in [3.63, 3.8) is 0 Å². The van der Waals surface area contributed by atoms with E-state index in [1.165, 1.54) is 11.1 Å². The zero-order valence-corrected chi connectivity index (χ0v) is 13.8. The van der Waals surface area contributed by atoms with Crippen LogP contribution >= 0.6 is 11.6 Å². The first kappa shape index (κ1) is 16.3. The quantitative estimate of drug-likeness (QED) is 0.798. The normalized spacial score (nSPS) is 16.8. The number of aryl methyl sites for hydroxylation is 2. The molecular weight excluding hydrogens is 284 g/mol. The number of rotatable bonds is 4. The van der Waals surface area contributed by atoms with Crippen LogP contribution in [0.25, 0.3) is 0 Å². The molecule has 0 radical (unpaired) electrons. The number of carbonyl (C=O) groups excluding carboxylic acids is 1. The van der Waals surface area contributed by atoms with Crippen molar-refractivity contribution in [1.29, 1.82) is 0 Å². The zero-order valence-electron chi connectivity index (χ0n) is 13.1. The summed E-state index contributed by atoms with van der Waals surface area (Å²) in [5, 5.41) is 0. The van der Waals surface area contributed by atoms with E-state index in [-0.39, 0.29) is 5.91 Å². The van der Waals surface area contributed by atoms with E-state index in [1.54, 1.807) is 0 Å². The Morgan fingerprint density at radius 2 is 1.95 bits per heavy atom. The minimum absolute atomic E-state index is 0.242. The second-order valence-electron chi connectivity index (χ2n) is 5.86. The van der Waals surface area contributed by atoms with Crippen molar-refractivity contribution in [3.8, 4) is 0 Å². The Kier molecular flexibility index (Phi) is 6.07. The highest BCUT2D eigenvalue weighted by molar-refractivity contribution is 6.18. The van der Waals surface area contributed by atoms with Gasteiger partial charge >= 0.3 is 0 Å². The Balaban J connectivity index is 1.92. The lowest BCUT2D eigenvalue weighted by molar-refractivity contribution is -0.130. The molecule has 1 aliphatic rings. The molecule has 1 aliphatic heterocycles. The highest BCUT2D eigenvalue weighted by Gasteiger charge is 2.19. The highest BCUT2D eigenvalue weighted by Crippen LogP contribution is 2.12. The van der Waals surface area contributed by atoms with Crippen LogP contribution in [-0.4, -0.2) is 54.3 Å². The average molecular weight is 309 g/mol. The van der Waals surface area contributed by atoms with Gasteiger partial charge in [-0.3, -0.25) is 4.79 Å². The Labute approximate surface area is 132 Å². The maximum atomic E-state index is 12.5. The monoisotopic (exact) mass is 308 g/mol. The van der Waals surface area contributed by atoms with Crippen LogP contribution in [0.2, 0.25) is 0 Å². The molecule has 0 unspecified atom stereocenters. The molecule has 2 rings (SSSR count). The fourth-order valence-electron chi connectivity index (χ4n) is 2.76. The van der Waals surface area contributed by atoms with Crippen molar-refractivity contribution in [2.45, 2.75) is 26.7 Å². The summed E-state index contributed by atoms with van der Waals surface area (Å²) >= 11 is 5.80. The van der Waals surface area contributed by atoms with Crippen molar-refractivity contribution in [1.82, 2.24) is 9.80 Å². The van der Waals surface area contributed by atoms with Crippen LogP contribution in [0, 0.1) is 13.8 Å². The van der Waals surface area contributed by atoms with Gasteiger partial charge < -0.3 is 9.80 Å². The molecule has 4 heteroatoms. The van der Waals surface area contributed by atoms with Crippen molar-refractivity contribution < 1.29 is 4.79 Å². The number of hydrogen-bond donors (Lipinski definition) is 0. The molecule has 3 nitrogen and oxygen atoms in total. The zero-order chi connectivity index (χ0) is 15.2. The predicted molar refractivity (Wildman–Crippen MR) is 88.0 cm³/mol. The number of benzene rings is 1. The van der Waals surface area contributed by atoms with Gasteiger partial charge in [0.25, 0.3) is 0 Å². The summed E-state index contributed by atoms with van der Waals surface area (Å²) in [6.07, 6.45) is 1.55. The van der Waals surface area contributed by atoms with Gasteiger partial charge in [-0.25, -0.2) is 0 Å². The fraction of sp³-hybridized carbons (Fsp3) is 0.588. The minimum atomic E-state index is 0.242. The van der Waals surface area contributed by atoms with Gasteiger partial charge in [-0.1, -0.05) is 18.2 Å². The molecule has 1 fully saturated rings. The summed E-state index contributed by atoms with van der Waals surface area (Å²) in [5.74, 6) is 0.905. The van der Waals surface area contributed by atoms with E-state index >= 15 is 0 Å². The van der Waals surface area contributed by atoms with Crippen LogP contribution in [0.3, 0.4) is 0 Å². The second kappa shape index (κ2) is 7.81. The molecule has 21 heavy (non-hydrogen) atoms. The third kappa shape index (κ3) is 4.72. The molecule has 1 heterocycles. The molecule has 0 atom stereocenters. The number of hydrogen-bond acceptors (Lipinski definition) is 2. The lowest BCUT2D eigenvalue weighted by atomic mass is 10.0. The molecule has 0 aliphatic carbocycles. The Hall–Kier alpha value is -1.06. The third-order valence-electron chi connectivity index (χ3n) is 4.27. The molecule has 1 aromatic carbocycles. The smallest absolute Gasteiger partial charge is 0.227 e. The van der Waals surface area contributed by atoms with E-state index in [1.807, 2.05) is 4.90 Å². The lowest BCUT2D eigenvalue weighted by Gasteiger charge is -2.21. The van der Waals surface area contributed by atoms with Gasteiger partial charge in [0.15, 0.2) is 0 Å². The average Bonchev–Trinajstić information content (AvgIpc) is 2.69. The molecular formula is C17H25ClN2O. The molecule has 1 aromatic rings. The summed E-state index contributed by atoms with van der Waals surface area (Å²) < 4.78 is 0. The van der Waals surface area contributed by atoms with Gasteiger partial charge in [-0.15, -0.1) is 11.6 Å². The number of halogens is 1. The summed E-state index contributed by atoms with van der Waals surface area (Å²) in [7, 11) is 0. The summed E-state index contributed by atoms with van der Waals surface area (Å²) in [5.41, 5.74) is 3.65. The summed E-state index contributed by atoms with van der Waals surface area (Å²) in [6, 6.07) is 6.30. The maximum Gasteiger partial charge on any atom is 0.227 e. The molecule has 0 N–H and O–H groups in total. The van der Waals surface area contributed by atoms with E-state index < -0.39 is 0 Å². The molecule has 1 amide bonds. The first-order valence-corrected chi connectivity index (χ1v) is 8.26. The van der Waals surface area contributed by atoms with Crippen LogP contribution < -0.4 is 0 Å². The number of carbonyl (C=O) groups is 1. The van der Waals surface area contributed by atoms with Gasteiger partial charge in [-0.2, -0.15) is 0 Å². The van der Waals surface area contributed by atoms with Crippen molar-refractivity contribution in [2.24, 2.45) is 0 Å². The molecule has 0 saturated carbocycles. The van der Waals surface area contributed by atoms with Gasteiger partial charge in [-0.05, 0) is 43.5 Å². The van der Waals surface area contributed by atoms with Crippen LogP contribution in [0.15, 0.2) is 18.2 Å². The number of nitrogens with zero attached hydrogens (tertiary/aromatic N) is 2. The lowest BCUT2D eigenvalue weighted by Crippen LogP contribution is -2.36. The van der Waals surface area contributed by atoms with Gasteiger partial charge in [0, 0.05) is 32.1 Å². The summed E-state index contributed by atoms with van der Waals surface area (Å²) in [4.78, 5) is 16.8. The molecule has 0 aromatic heterocycles. The van der Waals surface area contributed by atoms with Crippen LogP contribution in [-0.2, 0) is 11.2 Å². The second-order valence-corrected chi connectivity index (χ2v) is 6.24. The first-order valence-electron chi connectivity index (χ1n) is 7.72. The topological polar surface area (TPSA) is 23.6 Å². The van der Waals surface area contributed by atoms with E-state index in [9.17, 15) is 4.79 Å². The fourth-order valence-corrected chi connectivity index (χ4v) is 3.00. The van der Waals surface area contributed by atoms with Gasteiger partial charge in [0.2, 0.25) is 5.91 Å². The van der Waals surface area contributed by atoms with E-state index in [0.717, 1.165) is 44.7 Å². The van der Waals surface area contributed by atoms with Crippen LogP contribution in [0.5, 0.6) is 0 Å². The predicted octanol–water partition coefficient (Wildman–Crippen LogP) is 2.62. The summed E-state index contributed by atoms with van der Waals surface area (Å²) in [6.45, 7) is 8.77. The Morgan fingerprint density at radius 3 is 2.67 bits per heavy atom. The largest absolute Gasteiger partial charge is 0.341 e. The molecule has 0 bridgehead atoms. The minimum Gasteiger partial charge on any atom is -0.341 e. The van der Waals surface area contributed by atoms with E-state index in [2.05, 4.69) is 36.9 Å². The van der Waals surface area contributed by atoms with Crippen molar-refractivity contribution in [2.75, 3.05) is 38.6 Å². The van der Waals surface area contributed by atoms with Crippen LogP contribution in [0.4, 0.5) is 0 Å². The van der Waals surface area contributed by atoms with E-state index in [4.69, 9.17) is 11.6 Å². The number of amides is 1. The van der Waals surface area contributed by atoms with Crippen LogP contribution in [0.1, 0.15) is 23.1 Å². The standard InChI is InChI=1S/C17H25ClN2O/c1-14-4-5-16(12-15(14)2)13-17(21)20-8-3-7-19(9-6-18)10-11-20/h4-5,12H,3,6-11,13H2,1-2H3. The van der Waals surface area contributed by atoms with Crippen molar-refractivity contribution >= 4 is 17.5 Å². The van der Waals surface area contributed by atoms with Gasteiger partial charge in [0.05, 0.1) is 6.42 Å². The van der Waals surface area contributed by atoms with Crippen molar-refractivity contribution in [3.05, 3.63) is 34.9 Å². The van der Waals surface area contributed by atoms with E-state index in [0.29, 0.717) is 12.3 Å². The highest BCUT2D eigenvalue weighted by atomic mass is 35.5. The van der Waals surface area contributed by atoms with Gasteiger partial charge in [0.1, 0.15) is 0 Å². The molecule has 116 valence electrons. The Bertz CT molecular complexity index is 490. The SMILES string of the molecule is Cc1ccc(CC(=O)N2CCCN(CCCl)CC2)cc1C. The number of alkyl halides is 1. The Morgan fingerprint density at radius 1 is 1.14 bits per heavy atom. The molecule has 0 spiro atoms. The molecule has 1 saturated heterocycles. The third-order valence-corrected chi connectivity index (χ3v) is 4.44. The maximum absolute atomic E-state index is 12.5. The first-order chi connectivity index (χ1) is 10.1.